The summed E-state index contributed by atoms with van der Waals surface area (Å²) >= 11 is 0. The quantitative estimate of drug-likeness (QED) is 0.639. The third-order valence-corrected chi connectivity index (χ3v) is 3.26. The largest absolute Gasteiger partial charge is 0.462 e. The van der Waals surface area contributed by atoms with Crippen LogP contribution < -0.4 is 0 Å². The Morgan fingerprint density at radius 1 is 1.00 bits per heavy atom. The Balaban J connectivity index is 2.29. The van der Waals surface area contributed by atoms with E-state index in [1.807, 2.05) is 43.3 Å². The number of esters is 1. The number of hydrogen-bond donors (Lipinski definition) is 0. The zero-order valence-electron chi connectivity index (χ0n) is 10.7. The third-order valence-electron chi connectivity index (χ3n) is 3.26. The SMILES string of the molecule is CCOC(=O)c1ccccc2c3ccccc3cc1-2. The van der Waals surface area contributed by atoms with E-state index in [0.29, 0.717) is 12.2 Å². The van der Waals surface area contributed by atoms with Crippen LogP contribution in [0, 0.1) is 0 Å². The molecule has 0 unspecified atom stereocenters. The molecule has 0 saturated heterocycles. The standard InChI is InChI=1S/C17H14O2/c1-2-19-17(18)15-10-6-5-9-14-13-8-4-3-7-12(13)11-16(14)15/h3-11H,2H2,1H3. The van der Waals surface area contributed by atoms with Gasteiger partial charge in [-0.05, 0) is 41.0 Å². The van der Waals surface area contributed by atoms with E-state index >= 15 is 0 Å². The fourth-order valence-electron chi connectivity index (χ4n) is 2.43. The van der Waals surface area contributed by atoms with E-state index in [4.69, 9.17) is 4.74 Å². The van der Waals surface area contributed by atoms with Crippen molar-refractivity contribution in [2.75, 3.05) is 6.61 Å². The Bertz CT molecular complexity index is 716. The number of rotatable bonds is 2. The van der Waals surface area contributed by atoms with Gasteiger partial charge in [-0.15, -0.1) is 0 Å². The monoisotopic (exact) mass is 250 g/mol. The lowest BCUT2D eigenvalue weighted by atomic mass is 10.1. The average Bonchev–Trinajstić information content (AvgIpc) is 2.64. The van der Waals surface area contributed by atoms with Crippen molar-refractivity contribution < 1.29 is 9.53 Å². The molecule has 0 bridgehead atoms. The topological polar surface area (TPSA) is 26.3 Å². The van der Waals surface area contributed by atoms with Gasteiger partial charge in [0.1, 0.15) is 0 Å². The van der Waals surface area contributed by atoms with Gasteiger partial charge in [0.05, 0.1) is 12.2 Å². The molecule has 2 heteroatoms. The summed E-state index contributed by atoms with van der Waals surface area (Å²) in [5.41, 5.74) is 2.66. The van der Waals surface area contributed by atoms with Crippen molar-refractivity contribution in [3.8, 4) is 11.1 Å². The molecule has 3 rings (SSSR count). The van der Waals surface area contributed by atoms with Gasteiger partial charge < -0.3 is 4.74 Å². The van der Waals surface area contributed by atoms with E-state index < -0.39 is 0 Å². The van der Waals surface area contributed by atoms with Crippen LogP contribution in [0.15, 0.2) is 54.6 Å². The van der Waals surface area contributed by atoms with Crippen molar-refractivity contribution in [2.45, 2.75) is 6.92 Å². The van der Waals surface area contributed by atoms with E-state index in [1.54, 1.807) is 0 Å². The molecule has 0 atom stereocenters. The van der Waals surface area contributed by atoms with E-state index in [9.17, 15) is 4.79 Å². The lowest BCUT2D eigenvalue weighted by Crippen LogP contribution is -2.04. The van der Waals surface area contributed by atoms with E-state index in [1.165, 1.54) is 5.39 Å². The lowest BCUT2D eigenvalue weighted by molar-refractivity contribution is 0.0527. The van der Waals surface area contributed by atoms with Crippen molar-refractivity contribution in [1.82, 2.24) is 0 Å². The molecule has 0 aliphatic heterocycles. The maximum atomic E-state index is 12.1. The first kappa shape index (κ1) is 11.7. The van der Waals surface area contributed by atoms with Crippen LogP contribution in [0.3, 0.4) is 0 Å². The molecule has 0 amide bonds. The normalized spacial score (nSPS) is 10.8. The van der Waals surface area contributed by atoms with Crippen LogP contribution in [0.2, 0.25) is 0 Å². The first-order valence-corrected chi connectivity index (χ1v) is 6.39. The zero-order valence-corrected chi connectivity index (χ0v) is 10.7. The van der Waals surface area contributed by atoms with E-state index in [2.05, 4.69) is 18.2 Å². The summed E-state index contributed by atoms with van der Waals surface area (Å²) in [7, 11) is 0. The maximum Gasteiger partial charge on any atom is 0.338 e. The molecule has 94 valence electrons. The number of ether oxygens (including phenoxy) is 1. The Labute approximate surface area is 112 Å². The zero-order chi connectivity index (χ0) is 13.2. The number of carbonyl (C=O) groups excluding carboxylic acids is 1. The highest BCUT2D eigenvalue weighted by Crippen LogP contribution is 2.35. The molecule has 0 N–H and O–H groups in total. The predicted molar refractivity (Wildman–Crippen MR) is 76.5 cm³/mol. The Morgan fingerprint density at radius 3 is 2.58 bits per heavy atom. The Kier molecular flexibility index (Phi) is 2.92. The molecular weight excluding hydrogens is 236 g/mol. The fourth-order valence-corrected chi connectivity index (χ4v) is 2.43. The summed E-state index contributed by atoms with van der Waals surface area (Å²) in [6, 6.07) is 17.9. The molecule has 1 aromatic rings. The summed E-state index contributed by atoms with van der Waals surface area (Å²) in [5.74, 6) is -0.265. The molecule has 2 aliphatic carbocycles. The van der Waals surface area contributed by atoms with Crippen LogP contribution in [0.1, 0.15) is 17.3 Å². The summed E-state index contributed by atoms with van der Waals surface area (Å²) in [6.45, 7) is 2.21. The van der Waals surface area contributed by atoms with Crippen molar-refractivity contribution in [3.05, 3.63) is 60.2 Å². The number of carbonyl (C=O) groups is 1. The first-order valence-electron chi connectivity index (χ1n) is 6.39. The molecule has 0 fully saturated rings. The number of hydrogen-bond acceptors (Lipinski definition) is 2. The third kappa shape index (κ3) is 1.95. The fraction of sp³-hybridized carbons (Fsp3) is 0.118. The molecule has 0 heterocycles. The van der Waals surface area contributed by atoms with Gasteiger partial charge in [-0.3, -0.25) is 0 Å². The van der Waals surface area contributed by atoms with Gasteiger partial charge in [0.2, 0.25) is 0 Å². The molecule has 1 aromatic carbocycles. The van der Waals surface area contributed by atoms with Crippen molar-refractivity contribution in [1.29, 1.82) is 0 Å². The van der Waals surface area contributed by atoms with Crippen LogP contribution in [-0.4, -0.2) is 12.6 Å². The summed E-state index contributed by atoms with van der Waals surface area (Å²) in [4.78, 5) is 12.1. The van der Waals surface area contributed by atoms with Crippen molar-refractivity contribution >= 4 is 16.7 Å². The highest BCUT2D eigenvalue weighted by Gasteiger charge is 2.17. The number of benzene rings is 1. The predicted octanol–water partition coefficient (Wildman–Crippen LogP) is 4.12. The van der Waals surface area contributed by atoms with Gasteiger partial charge in [-0.2, -0.15) is 0 Å². The second-order valence-electron chi connectivity index (χ2n) is 4.41. The molecule has 2 aliphatic rings. The Morgan fingerprint density at radius 2 is 1.74 bits per heavy atom. The first-order chi connectivity index (χ1) is 9.31. The summed E-state index contributed by atoms with van der Waals surface area (Å²) in [6.07, 6.45) is 0. The van der Waals surface area contributed by atoms with E-state index in [0.717, 1.165) is 16.5 Å². The second kappa shape index (κ2) is 4.73. The molecule has 0 radical (unpaired) electrons. The van der Waals surface area contributed by atoms with Crippen LogP contribution in [0.25, 0.3) is 21.9 Å². The molecule has 0 spiro atoms. The minimum atomic E-state index is -0.265. The van der Waals surface area contributed by atoms with Crippen molar-refractivity contribution in [2.24, 2.45) is 0 Å². The minimum absolute atomic E-state index is 0.265. The van der Waals surface area contributed by atoms with Gasteiger partial charge in [-0.1, -0.05) is 42.5 Å². The maximum absolute atomic E-state index is 12.1. The summed E-state index contributed by atoms with van der Waals surface area (Å²) < 4.78 is 5.13. The van der Waals surface area contributed by atoms with Gasteiger partial charge in [0.25, 0.3) is 0 Å². The lowest BCUT2D eigenvalue weighted by Gasteiger charge is -2.03. The molecular formula is C17H14O2. The Hall–Kier alpha value is -2.35. The second-order valence-corrected chi connectivity index (χ2v) is 4.41. The smallest absolute Gasteiger partial charge is 0.338 e. The van der Waals surface area contributed by atoms with Gasteiger partial charge in [0, 0.05) is 0 Å². The van der Waals surface area contributed by atoms with Gasteiger partial charge in [0.15, 0.2) is 0 Å². The molecule has 2 nitrogen and oxygen atoms in total. The van der Waals surface area contributed by atoms with E-state index in [-0.39, 0.29) is 5.97 Å². The highest BCUT2D eigenvalue weighted by molar-refractivity contribution is 6.08. The molecule has 19 heavy (non-hydrogen) atoms. The van der Waals surface area contributed by atoms with Crippen molar-refractivity contribution in [3.63, 3.8) is 0 Å². The highest BCUT2D eigenvalue weighted by atomic mass is 16.5. The summed E-state index contributed by atoms with van der Waals surface area (Å²) in [5, 5.41) is 2.31. The van der Waals surface area contributed by atoms with Crippen LogP contribution in [0.4, 0.5) is 0 Å². The average molecular weight is 250 g/mol. The van der Waals surface area contributed by atoms with Gasteiger partial charge in [-0.25, -0.2) is 4.79 Å². The minimum Gasteiger partial charge on any atom is -0.462 e. The van der Waals surface area contributed by atoms with Gasteiger partial charge >= 0.3 is 5.97 Å². The van der Waals surface area contributed by atoms with Crippen LogP contribution in [0.5, 0.6) is 0 Å². The van der Waals surface area contributed by atoms with Crippen LogP contribution >= 0.6 is 0 Å². The molecule has 0 saturated carbocycles. The molecule has 0 aromatic heterocycles. The van der Waals surface area contributed by atoms with Crippen LogP contribution in [-0.2, 0) is 4.74 Å². The number of fused-ring (bicyclic) bond motifs is 3.